The summed E-state index contributed by atoms with van der Waals surface area (Å²) in [5.41, 5.74) is 5.31. The zero-order chi connectivity index (χ0) is 15.3. The highest BCUT2D eigenvalue weighted by Gasteiger charge is 2.28. The molecule has 112 valence electrons. The molecule has 0 amide bonds. The molecule has 3 aromatic rings. The molecule has 0 N–H and O–H groups in total. The van der Waals surface area contributed by atoms with E-state index in [1.54, 1.807) is 0 Å². The van der Waals surface area contributed by atoms with E-state index in [1.165, 1.54) is 45.9 Å². The standard InChI is InChI=1S/C20H22N2/c1-20(2)11-6-12-21-19(20)14-9-10-16-15-7-4-5-8-17(15)22(3)18(16)13-14/h4-5,7-10,13H,6,11-12H2,1-3H3. The minimum Gasteiger partial charge on any atom is -0.344 e. The summed E-state index contributed by atoms with van der Waals surface area (Å²) in [5.74, 6) is 0. The van der Waals surface area contributed by atoms with Crippen LogP contribution in [0.4, 0.5) is 0 Å². The van der Waals surface area contributed by atoms with Gasteiger partial charge in [0.1, 0.15) is 0 Å². The van der Waals surface area contributed by atoms with Crippen LogP contribution in [-0.4, -0.2) is 16.8 Å². The van der Waals surface area contributed by atoms with Gasteiger partial charge in [-0.3, -0.25) is 4.99 Å². The molecule has 0 saturated heterocycles. The number of rotatable bonds is 1. The van der Waals surface area contributed by atoms with Crippen LogP contribution in [0.3, 0.4) is 0 Å². The number of fused-ring (bicyclic) bond motifs is 3. The molecule has 0 unspecified atom stereocenters. The molecule has 0 spiro atoms. The Balaban J connectivity index is 1.97. The number of nitrogens with zero attached hydrogens (tertiary/aromatic N) is 2. The molecule has 0 atom stereocenters. The molecule has 2 heteroatoms. The highest BCUT2D eigenvalue weighted by molar-refractivity contribution is 6.12. The summed E-state index contributed by atoms with van der Waals surface area (Å²) in [6, 6.07) is 15.5. The maximum Gasteiger partial charge on any atom is 0.0495 e. The van der Waals surface area contributed by atoms with E-state index in [2.05, 4.69) is 67.9 Å². The third kappa shape index (κ3) is 1.90. The molecule has 2 nitrogen and oxygen atoms in total. The normalized spacial score (nSPS) is 17.9. The fourth-order valence-corrected chi connectivity index (χ4v) is 3.83. The van der Waals surface area contributed by atoms with Crippen molar-refractivity contribution in [2.45, 2.75) is 26.7 Å². The minimum atomic E-state index is 0.177. The average Bonchev–Trinajstić information content (AvgIpc) is 2.80. The number of aryl methyl sites for hydroxylation is 1. The van der Waals surface area contributed by atoms with Crippen LogP contribution >= 0.6 is 0 Å². The summed E-state index contributed by atoms with van der Waals surface area (Å²) in [6.45, 7) is 5.60. The van der Waals surface area contributed by atoms with E-state index >= 15 is 0 Å². The summed E-state index contributed by atoms with van der Waals surface area (Å²) >= 11 is 0. The van der Waals surface area contributed by atoms with Crippen LogP contribution in [0, 0.1) is 5.41 Å². The van der Waals surface area contributed by atoms with Gasteiger partial charge in [-0.2, -0.15) is 0 Å². The second kappa shape index (κ2) is 4.70. The van der Waals surface area contributed by atoms with Crippen molar-refractivity contribution in [2.24, 2.45) is 17.5 Å². The van der Waals surface area contributed by atoms with E-state index in [9.17, 15) is 0 Å². The van der Waals surface area contributed by atoms with Crippen LogP contribution in [0.2, 0.25) is 0 Å². The zero-order valence-electron chi connectivity index (χ0n) is 13.6. The Morgan fingerprint density at radius 2 is 1.77 bits per heavy atom. The number of hydrogen-bond acceptors (Lipinski definition) is 1. The number of aliphatic imine (C=N–C) groups is 1. The first-order chi connectivity index (χ1) is 10.6. The van der Waals surface area contributed by atoms with Gasteiger partial charge in [-0.05, 0) is 30.5 Å². The number of hydrogen-bond donors (Lipinski definition) is 0. The van der Waals surface area contributed by atoms with Crippen molar-refractivity contribution < 1.29 is 0 Å². The maximum atomic E-state index is 4.85. The Bertz CT molecular complexity index is 897. The first-order valence-corrected chi connectivity index (χ1v) is 8.10. The van der Waals surface area contributed by atoms with Crippen molar-refractivity contribution in [1.82, 2.24) is 4.57 Å². The minimum absolute atomic E-state index is 0.177. The van der Waals surface area contributed by atoms with Crippen LogP contribution in [0.1, 0.15) is 32.3 Å². The second-order valence-corrected chi connectivity index (χ2v) is 7.03. The van der Waals surface area contributed by atoms with Crippen molar-refractivity contribution in [3.63, 3.8) is 0 Å². The van der Waals surface area contributed by atoms with E-state index < -0.39 is 0 Å². The van der Waals surface area contributed by atoms with Crippen molar-refractivity contribution in [1.29, 1.82) is 0 Å². The molecule has 0 aliphatic carbocycles. The summed E-state index contributed by atoms with van der Waals surface area (Å²) in [7, 11) is 2.16. The Hall–Kier alpha value is -2.09. The van der Waals surface area contributed by atoms with Crippen LogP contribution in [0.25, 0.3) is 21.8 Å². The van der Waals surface area contributed by atoms with Crippen molar-refractivity contribution >= 4 is 27.5 Å². The lowest BCUT2D eigenvalue weighted by molar-refractivity contribution is 0.440. The van der Waals surface area contributed by atoms with Gasteiger partial charge in [0, 0.05) is 46.5 Å². The van der Waals surface area contributed by atoms with Gasteiger partial charge in [-0.25, -0.2) is 0 Å². The van der Waals surface area contributed by atoms with Gasteiger partial charge in [0.05, 0.1) is 0 Å². The molecule has 0 radical (unpaired) electrons. The van der Waals surface area contributed by atoms with Crippen molar-refractivity contribution in [3.8, 4) is 0 Å². The topological polar surface area (TPSA) is 17.3 Å². The lowest BCUT2D eigenvalue weighted by Crippen LogP contribution is -2.29. The number of benzene rings is 2. The van der Waals surface area contributed by atoms with Crippen LogP contribution in [0.5, 0.6) is 0 Å². The van der Waals surface area contributed by atoms with Gasteiger partial charge < -0.3 is 4.57 Å². The number of aromatic nitrogens is 1. The zero-order valence-corrected chi connectivity index (χ0v) is 13.6. The largest absolute Gasteiger partial charge is 0.344 e. The highest BCUT2D eigenvalue weighted by atomic mass is 14.9. The van der Waals surface area contributed by atoms with E-state index in [0.29, 0.717) is 0 Å². The first kappa shape index (κ1) is 13.6. The third-order valence-electron chi connectivity index (χ3n) is 5.06. The molecule has 1 aliphatic heterocycles. The quantitative estimate of drug-likeness (QED) is 0.604. The Morgan fingerprint density at radius 3 is 2.59 bits per heavy atom. The maximum absolute atomic E-state index is 4.85. The van der Waals surface area contributed by atoms with Gasteiger partial charge in [0.2, 0.25) is 0 Å². The molecule has 1 aliphatic rings. The van der Waals surface area contributed by atoms with Crippen molar-refractivity contribution in [3.05, 3.63) is 48.0 Å². The predicted octanol–water partition coefficient (Wildman–Crippen LogP) is 4.94. The first-order valence-electron chi connectivity index (χ1n) is 8.10. The van der Waals surface area contributed by atoms with Gasteiger partial charge in [0.15, 0.2) is 0 Å². The average molecular weight is 290 g/mol. The number of para-hydroxylation sites is 1. The summed E-state index contributed by atoms with van der Waals surface area (Å²) < 4.78 is 2.30. The molecule has 1 aromatic heterocycles. The molecular formula is C20H22N2. The molecule has 0 saturated carbocycles. The van der Waals surface area contributed by atoms with Gasteiger partial charge in [-0.1, -0.05) is 44.2 Å². The second-order valence-electron chi connectivity index (χ2n) is 7.03. The van der Waals surface area contributed by atoms with E-state index in [-0.39, 0.29) is 5.41 Å². The fourth-order valence-electron chi connectivity index (χ4n) is 3.83. The lowest BCUT2D eigenvalue weighted by Gasteiger charge is -2.30. The molecule has 2 heterocycles. The molecule has 22 heavy (non-hydrogen) atoms. The van der Waals surface area contributed by atoms with E-state index in [1.807, 2.05) is 0 Å². The fraction of sp³-hybridized carbons (Fsp3) is 0.350. The Morgan fingerprint density at radius 1 is 1.00 bits per heavy atom. The molecular weight excluding hydrogens is 268 g/mol. The van der Waals surface area contributed by atoms with Crippen LogP contribution in [-0.2, 0) is 7.05 Å². The van der Waals surface area contributed by atoms with Crippen LogP contribution in [0.15, 0.2) is 47.5 Å². The van der Waals surface area contributed by atoms with Gasteiger partial charge in [-0.15, -0.1) is 0 Å². The van der Waals surface area contributed by atoms with Crippen molar-refractivity contribution in [2.75, 3.05) is 6.54 Å². The lowest BCUT2D eigenvalue weighted by atomic mass is 9.77. The van der Waals surface area contributed by atoms with E-state index in [4.69, 9.17) is 4.99 Å². The smallest absolute Gasteiger partial charge is 0.0495 e. The summed E-state index contributed by atoms with van der Waals surface area (Å²) in [5, 5.41) is 2.66. The Kier molecular flexibility index (Phi) is 2.90. The molecule has 2 aromatic carbocycles. The summed E-state index contributed by atoms with van der Waals surface area (Å²) in [4.78, 5) is 4.85. The summed E-state index contributed by atoms with van der Waals surface area (Å²) in [6.07, 6.45) is 2.42. The third-order valence-corrected chi connectivity index (χ3v) is 5.06. The van der Waals surface area contributed by atoms with Crippen LogP contribution < -0.4 is 0 Å². The van der Waals surface area contributed by atoms with Gasteiger partial charge >= 0.3 is 0 Å². The Labute approximate surface area is 131 Å². The SMILES string of the molecule is Cn1c2ccccc2c2ccc(C3=NCCCC3(C)C)cc21. The monoisotopic (exact) mass is 290 g/mol. The molecule has 0 fully saturated rings. The highest BCUT2D eigenvalue weighted by Crippen LogP contribution is 2.34. The van der Waals surface area contributed by atoms with Gasteiger partial charge in [0.25, 0.3) is 0 Å². The van der Waals surface area contributed by atoms with E-state index in [0.717, 1.165) is 6.54 Å². The predicted molar refractivity (Wildman–Crippen MR) is 94.8 cm³/mol. The molecule has 0 bridgehead atoms. The molecule has 4 rings (SSSR count).